The molecule has 0 spiro atoms. The van der Waals surface area contributed by atoms with Crippen LogP contribution in [0, 0.1) is 0 Å². The highest BCUT2D eigenvalue weighted by Crippen LogP contribution is 2.11. The van der Waals surface area contributed by atoms with Gasteiger partial charge in [0.2, 0.25) is 0 Å². The standard InChI is InChI=1S/C14H29N3O/c18-13-12-17-8-3-7-16(10-11-17)9-5-14-4-1-2-6-15-14/h14-15,18H,1-13H2. The minimum absolute atomic E-state index is 0.298. The fourth-order valence-corrected chi connectivity index (χ4v) is 3.12. The molecule has 0 saturated carbocycles. The van der Waals surface area contributed by atoms with Gasteiger partial charge < -0.3 is 15.3 Å². The van der Waals surface area contributed by atoms with E-state index in [4.69, 9.17) is 5.11 Å². The monoisotopic (exact) mass is 255 g/mol. The highest BCUT2D eigenvalue weighted by molar-refractivity contribution is 4.75. The predicted molar refractivity (Wildman–Crippen MR) is 74.8 cm³/mol. The Balaban J connectivity index is 1.63. The third-order valence-corrected chi connectivity index (χ3v) is 4.30. The number of piperidine rings is 1. The molecule has 2 N–H and O–H groups in total. The van der Waals surface area contributed by atoms with Gasteiger partial charge in [-0.05, 0) is 51.9 Å². The van der Waals surface area contributed by atoms with Crippen molar-refractivity contribution in [2.45, 2.75) is 38.1 Å². The number of aliphatic hydroxyl groups excluding tert-OH is 1. The van der Waals surface area contributed by atoms with Crippen molar-refractivity contribution < 1.29 is 5.11 Å². The molecule has 2 saturated heterocycles. The van der Waals surface area contributed by atoms with Crippen LogP contribution < -0.4 is 5.32 Å². The molecule has 0 aromatic rings. The van der Waals surface area contributed by atoms with Gasteiger partial charge in [-0.3, -0.25) is 4.90 Å². The van der Waals surface area contributed by atoms with Crippen LogP contribution in [-0.2, 0) is 0 Å². The Morgan fingerprint density at radius 1 is 0.944 bits per heavy atom. The Bertz CT molecular complexity index is 219. The number of nitrogens with zero attached hydrogens (tertiary/aromatic N) is 2. The van der Waals surface area contributed by atoms with Crippen molar-refractivity contribution in [2.75, 3.05) is 52.4 Å². The van der Waals surface area contributed by atoms with Gasteiger partial charge in [-0.25, -0.2) is 0 Å². The fourth-order valence-electron chi connectivity index (χ4n) is 3.12. The van der Waals surface area contributed by atoms with E-state index in [1.54, 1.807) is 0 Å². The molecule has 18 heavy (non-hydrogen) atoms. The maximum atomic E-state index is 8.99. The van der Waals surface area contributed by atoms with E-state index in [1.807, 2.05) is 0 Å². The molecule has 0 aromatic carbocycles. The third-order valence-electron chi connectivity index (χ3n) is 4.30. The molecular weight excluding hydrogens is 226 g/mol. The summed E-state index contributed by atoms with van der Waals surface area (Å²) in [4.78, 5) is 4.99. The summed E-state index contributed by atoms with van der Waals surface area (Å²) in [6.07, 6.45) is 6.68. The normalized spacial score (nSPS) is 28.2. The van der Waals surface area contributed by atoms with Crippen molar-refractivity contribution in [3.05, 3.63) is 0 Å². The van der Waals surface area contributed by atoms with Gasteiger partial charge in [0.1, 0.15) is 0 Å². The van der Waals surface area contributed by atoms with Crippen molar-refractivity contribution >= 4 is 0 Å². The first-order valence-electron chi connectivity index (χ1n) is 7.67. The van der Waals surface area contributed by atoms with E-state index in [0.29, 0.717) is 6.61 Å². The van der Waals surface area contributed by atoms with E-state index in [-0.39, 0.29) is 0 Å². The van der Waals surface area contributed by atoms with Crippen molar-refractivity contribution in [1.29, 1.82) is 0 Å². The smallest absolute Gasteiger partial charge is 0.0558 e. The Labute approximate surface area is 111 Å². The van der Waals surface area contributed by atoms with Crippen molar-refractivity contribution in [3.8, 4) is 0 Å². The second kappa shape index (κ2) is 8.10. The molecule has 2 heterocycles. The van der Waals surface area contributed by atoms with Gasteiger partial charge in [0.15, 0.2) is 0 Å². The van der Waals surface area contributed by atoms with Gasteiger partial charge >= 0.3 is 0 Å². The van der Waals surface area contributed by atoms with Crippen molar-refractivity contribution in [2.24, 2.45) is 0 Å². The molecule has 0 aliphatic carbocycles. The van der Waals surface area contributed by atoms with Crippen LogP contribution in [0.3, 0.4) is 0 Å². The summed E-state index contributed by atoms with van der Waals surface area (Å²) in [6, 6.07) is 0.760. The van der Waals surface area contributed by atoms with E-state index >= 15 is 0 Å². The Kier molecular flexibility index (Phi) is 6.41. The SMILES string of the molecule is OCCN1CCCN(CCC2CCCCN2)CC1. The van der Waals surface area contributed by atoms with Gasteiger partial charge in [0, 0.05) is 25.7 Å². The summed E-state index contributed by atoms with van der Waals surface area (Å²) in [7, 11) is 0. The number of nitrogens with one attached hydrogen (secondary N) is 1. The van der Waals surface area contributed by atoms with Gasteiger partial charge in [0.25, 0.3) is 0 Å². The molecule has 2 rings (SSSR count). The zero-order valence-electron chi connectivity index (χ0n) is 11.6. The van der Waals surface area contributed by atoms with E-state index < -0.39 is 0 Å². The second-order valence-electron chi connectivity index (χ2n) is 5.70. The Morgan fingerprint density at radius 2 is 1.72 bits per heavy atom. The molecule has 2 aliphatic heterocycles. The summed E-state index contributed by atoms with van der Waals surface area (Å²) >= 11 is 0. The highest BCUT2D eigenvalue weighted by atomic mass is 16.3. The Hall–Kier alpha value is -0.160. The summed E-state index contributed by atoms with van der Waals surface area (Å²) in [5.41, 5.74) is 0. The molecule has 0 amide bonds. The topological polar surface area (TPSA) is 38.7 Å². The molecule has 2 aliphatic rings. The Morgan fingerprint density at radius 3 is 2.39 bits per heavy atom. The van der Waals surface area contributed by atoms with E-state index in [2.05, 4.69) is 15.1 Å². The van der Waals surface area contributed by atoms with Gasteiger partial charge in [-0.15, -0.1) is 0 Å². The first kappa shape index (κ1) is 14.3. The van der Waals surface area contributed by atoms with Gasteiger partial charge in [-0.1, -0.05) is 6.42 Å². The van der Waals surface area contributed by atoms with Crippen LogP contribution in [-0.4, -0.2) is 73.4 Å². The minimum atomic E-state index is 0.298. The first-order valence-corrected chi connectivity index (χ1v) is 7.67. The van der Waals surface area contributed by atoms with Crippen LogP contribution in [0.4, 0.5) is 0 Å². The minimum Gasteiger partial charge on any atom is -0.395 e. The lowest BCUT2D eigenvalue weighted by Crippen LogP contribution is -2.38. The molecule has 1 unspecified atom stereocenters. The highest BCUT2D eigenvalue weighted by Gasteiger charge is 2.17. The quantitative estimate of drug-likeness (QED) is 0.751. The number of hydrogen-bond acceptors (Lipinski definition) is 4. The van der Waals surface area contributed by atoms with Crippen LogP contribution in [0.15, 0.2) is 0 Å². The number of β-amino-alcohol motifs (C(OH)–C–C–N with tert-alkyl or cyclic N) is 1. The molecule has 0 bridgehead atoms. The largest absolute Gasteiger partial charge is 0.395 e. The van der Waals surface area contributed by atoms with Crippen LogP contribution in [0.5, 0.6) is 0 Å². The number of rotatable bonds is 5. The maximum absolute atomic E-state index is 8.99. The first-order chi connectivity index (χ1) is 8.88. The summed E-state index contributed by atoms with van der Waals surface area (Å²) in [6.45, 7) is 8.28. The molecule has 1 atom stereocenters. The number of hydrogen-bond donors (Lipinski definition) is 2. The van der Waals surface area contributed by atoms with E-state index in [0.717, 1.165) is 25.7 Å². The molecule has 2 fully saturated rings. The van der Waals surface area contributed by atoms with E-state index in [1.165, 1.54) is 58.3 Å². The molecule has 4 heteroatoms. The number of aliphatic hydroxyl groups is 1. The van der Waals surface area contributed by atoms with Gasteiger partial charge in [-0.2, -0.15) is 0 Å². The summed E-state index contributed by atoms with van der Waals surface area (Å²) in [5.74, 6) is 0. The third kappa shape index (κ3) is 4.84. The molecule has 4 nitrogen and oxygen atoms in total. The lowest BCUT2D eigenvalue weighted by atomic mass is 10.0. The molecule has 106 valence electrons. The average molecular weight is 255 g/mol. The molecule has 0 radical (unpaired) electrons. The van der Waals surface area contributed by atoms with E-state index in [9.17, 15) is 0 Å². The zero-order valence-corrected chi connectivity index (χ0v) is 11.6. The summed E-state index contributed by atoms with van der Waals surface area (Å²) in [5, 5.41) is 12.6. The van der Waals surface area contributed by atoms with Gasteiger partial charge in [0.05, 0.1) is 6.61 Å². The van der Waals surface area contributed by atoms with Crippen LogP contribution >= 0.6 is 0 Å². The average Bonchev–Trinajstić information content (AvgIpc) is 2.64. The lowest BCUT2D eigenvalue weighted by molar-refractivity contribution is 0.195. The van der Waals surface area contributed by atoms with Crippen LogP contribution in [0.2, 0.25) is 0 Å². The maximum Gasteiger partial charge on any atom is 0.0558 e. The van der Waals surface area contributed by atoms with Crippen LogP contribution in [0.1, 0.15) is 32.1 Å². The second-order valence-corrected chi connectivity index (χ2v) is 5.70. The molecule has 0 aromatic heterocycles. The van der Waals surface area contributed by atoms with Crippen molar-refractivity contribution in [3.63, 3.8) is 0 Å². The predicted octanol–water partition coefficient (Wildman–Crippen LogP) is 0.519. The fraction of sp³-hybridized carbons (Fsp3) is 1.00. The summed E-state index contributed by atoms with van der Waals surface area (Å²) < 4.78 is 0. The lowest BCUT2D eigenvalue weighted by Gasteiger charge is -2.27. The van der Waals surface area contributed by atoms with Crippen LogP contribution in [0.25, 0.3) is 0 Å². The van der Waals surface area contributed by atoms with Crippen molar-refractivity contribution in [1.82, 2.24) is 15.1 Å². The zero-order chi connectivity index (χ0) is 12.6. The molecular formula is C14H29N3O.